The molecule has 0 bridgehead atoms. The molecule has 1 aromatic carbocycles. The van der Waals surface area contributed by atoms with Crippen LogP contribution in [0, 0.1) is 13.8 Å². The van der Waals surface area contributed by atoms with Gasteiger partial charge in [0.1, 0.15) is 12.4 Å². The molecule has 0 radical (unpaired) electrons. The van der Waals surface area contributed by atoms with Crippen molar-refractivity contribution < 1.29 is 4.74 Å². The molecule has 0 saturated heterocycles. The minimum absolute atomic E-state index is 0. The zero-order valence-corrected chi connectivity index (χ0v) is 8.70. The maximum absolute atomic E-state index is 5.55. The van der Waals surface area contributed by atoms with Gasteiger partial charge in [0, 0.05) is 6.54 Å². The highest BCUT2D eigenvalue weighted by Gasteiger charge is 2.11. The third-order valence-electron chi connectivity index (χ3n) is 2.08. The molecular formula is C10H14ClNO. The van der Waals surface area contributed by atoms with Crippen LogP contribution in [0.4, 0.5) is 5.69 Å². The first-order chi connectivity index (χ1) is 5.77. The Bertz CT molecular complexity index is 312. The number of hydrogen-bond acceptors (Lipinski definition) is 2. The summed E-state index contributed by atoms with van der Waals surface area (Å²) in [6.07, 6.45) is 0. The molecule has 72 valence electrons. The van der Waals surface area contributed by atoms with E-state index in [-0.39, 0.29) is 12.4 Å². The van der Waals surface area contributed by atoms with Crippen LogP contribution in [0.1, 0.15) is 11.1 Å². The zero-order valence-electron chi connectivity index (χ0n) is 7.89. The van der Waals surface area contributed by atoms with Gasteiger partial charge in [-0.15, -0.1) is 12.4 Å². The summed E-state index contributed by atoms with van der Waals surface area (Å²) >= 11 is 0. The number of anilines is 1. The summed E-state index contributed by atoms with van der Waals surface area (Å²) in [5.74, 6) is 1.02. The van der Waals surface area contributed by atoms with Crippen LogP contribution in [-0.4, -0.2) is 13.2 Å². The Morgan fingerprint density at radius 1 is 1.31 bits per heavy atom. The van der Waals surface area contributed by atoms with Gasteiger partial charge in [0.15, 0.2) is 0 Å². The highest BCUT2D eigenvalue weighted by molar-refractivity contribution is 5.85. The number of rotatable bonds is 0. The molecule has 13 heavy (non-hydrogen) atoms. The number of hydrogen-bond donors (Lipinski definition) is 1. The molecule has 1 N–H and O–H groups in total. The van der Waals surface area contributed by atoms with Gasteiger partial charge < -0.3 is 10.1 Å². The van der Waals surface area contributed by atoms with Gasteiger partial charge in [-0.2, -0.15) is 0 Å². The lowest BCUT2D eigenvalue weighted by Gasteiger charge is -2.21. The lowest BCUT2D eigenvalue weighted by molar-refractivity contribution is 0.321. The number of halogens is 1. The van der Waals surface area contributed by atoms with Crippen LogP contribution >= 0.6 is 12.4 Å². The first-order valence-corrected chi connectivity index (χ1v) is 4.25. The summed E-state index contributed by atoms with van der Waals surface area (Å²) in [7, 11) is 0. The molecule has 0 unspecified atom stereocenters. The van der Waals surface area contributed by atoms with Crippen molar-refractivity contribution in [3.63, 3.8) is 0 Å². The quantitative estimate of drug-likeness (QED) is 0.694. The Morgan fingerprint density at radius 2 is 2.08 bits per heavy atom. The van der Waals surface area contributed by atoms with Crippen LogP contribution in [0.15, 0.2) is 12.1 Å². The number of nitrogens with one attached hydrogen (secondary N) is 1. The van der Waals surface area contributed by atoms with Crippen molar-refractivity contribution in [2.45, 2.75) is 13.8 Å². The van der Waals surface area contributed by atoms with E-state index in [1.165, 1.54) is 11.1 Å². The average molecular weight is 200 g/mol. The van der Waals surface area contributed by atoms with Crippen LogP contribution < -0.4 is 10.1 Å². The Balaban J connectivity index is 0.000000845. The van der Waals surface area contributed by atoms with E-state index in [1.54, 1.807) is 0 Å². The van der Waals surface area contributed by atoms with E-state index in [0.717, 1.165) is 24.6 Å². The van der Waals surface area contributed by atoms with E-state index in [1.807, 2.05) is 0 Å². The van der Waals surface area contributed by atoms with Gasteiger partial charge >= 0.3 is 0 Å². The zero-order chi connectivity index (χ0) is 8.55. The monoisotopic (exact) mass is 199 g/mol. The second kappa shape index (κ2) is 3.88. The molecule has 0 spiro atoms. The van der Waals surface area contributed by atoms with Gasteiger partial charge in [0.25, 0.3) is 0 Å². The number of benzene rings is 1. The molecule has 0 aromatic heterocycles. The molecular weight excluding hydrogens is 186 g/mol. The molecule has 0 fully saturated rings. The van der Waals surface area contributed by atoms with E-state index < -0.39 is 0 Å². The summed E-state index contributed by atoms with van der Waals surface area (Å²) < 4.78 is 5.55. The van der Waals surface area contributed by atoms with Crippen molar-refractivity contribution in [1.82, 2.24) is 0 Å². The van der Waals surface area contributed by atoms with E-state index >= 15 is 0 Å². The minimum atomic E-state index is 0. The molecule has 1 heterocycles. The van der Waals surface area contributed by atoms with E-state index in [4.69, 9.17) is 4.74 Å². The normalized spacial score (nSPS) is 13.4. The van der Waals surface area contributed by atoms with E-state index in [2.05, 4.69) is 31.3 Å². The Labute approximate surface area is 84.7 Å². The van der Waals surface area contributed by atoms with Crippen LogP contribution in [0.5, 0.6) is 5.75 Å². The topological polar surface area (TPSA) is 21.3 Å². The summed E-state index contributed by atoms with van der Waals surface area (Å²) in [5, 5.41) is 3.32. The van der Waals surface area contributed by atoms with Crippen molar-refractivity contribution in [3.8, 4) is 5.75 Å². The largest absolute Gasteiger partial charge is 0.489 e. The lowest BCUT2D eigenvalue weighted by atomic mass is 10.1. The molecule has 2 nitrogen and oxygen atoms in total. The van der Waals surface area contributed by atoms with Crippen molar-refractivity contribution in [3.05, 3.63) is 23.3 Å². The fourth-order valence-corrected chi connectivity index (χ4v) is 1.62. The molecule has 0 atom stereocenters. The van der Waals surface area contributed by atoms with Crippen LogP contribution in [0.3, 0.4) is 0 Å². The predicted octanol–water partition coefficient (Wildman–Crippen LogP) is 2.53. The number of ether oxygens (including phenoxy) is 1. The van der Waals surface area contributed by atoms with Gasteiger partial charge in [-0.3, -0.25) is 0 Å². The van der Waals surface area contributed by atoms with Gasteiger partial charge in [-0.05, 0) is 31.0 Å². The molecule has 1 aliphatic heterocycles. The fourth-order valence-electron chi connectivity index (χ4n) is 1.62. The predicted molar refractivity (Wildman–Crippen MR) is 57.1 cm³/mol. The molecule has 3 heteroatoms. The Hall–Kier alpha value is -0.890. The van der Waals surface area contributed by atoms with Crippen molar-refractivity contribution >= 4 is 18.1 Å². The fraction of sp³-hybridized carbons (Fsp3) is 0.400. The highest BCUT2D eigenvalue weighted by atomic mass is 35.5. The van der Waals surface area contributed by atoms with Gasteiger partial charge in [0.2, 0.25) is 0 Å². The second-order valence-corrected chi connectivity index (χ2v) is 3.23. The van der Waals surface area contributed by atoms with Gasteiger partial charge in [0.05, 0.1) is 5.69 Å². The van der Waals surface area contributed by atoms with Crippen LogP contribution in [0.2, 0.25) is 0 Å². The molecule has 0 saturated carbocycles. The maximum Gasteiger partial charge on any atom is 0.145 e. The lowest BCUT2D eigenvalue weighted by Crippen LogP contribution is -2.18. The first kappa shape index (κ1) is 10.2. The standard InChI is InChI=1S/C10H13NO.ClH/c1-7-5-8(2)10-9(6-7)11-3-4-12-10;/h5-6,11H,3-4H2,1-2H3;1H. The SMILES string of the molecule is Cc1cc(C)c2c(c1)NCCO2.Cl. The average Bonchev–Trinajstić information content (AvgIpc) is 2.04. The van der Waals surface area contributed by atoms with Crippen molar-refractivity contribution in [2.75, 3.05) is 18.5 Å². The maximum atomic E-state index is 5.55. The summed E-state index contributed by atoms with van der Waals surface area (Å²) in [4.78, 5) is 0. The smallest absolute Gasteiger partial charge is 0.145 e. The summed E-state index contributed by atoms with van der Waals surface area (Å²) in [5.41, 5.74) is 3.64. The Morgan fingerprint density at radius 3 is 2.85 bits per heavy atom. The third kappa shape index (κ3) is 1.89. The Kier molecular flexibility index (Phi) is 3.04. The first-order valence-electron chi connectivity index (χ1n) is 4.25. The second-order valence-electron chi connectivity index (χ2n) is 3.23. The molecule has 2 rings (SSSR count). The van der Waals surface area contributed by atoms with Gasteiger partial charge in [-0.1, -0.05) is 6.07 Å². The van der Waals surface area contributed by atoms with Crippen molar-refractivity contribution in [1.29, 1.82) is 0 Å². The van der Waals surface area contributed by atoms with Crippen LogP contribution in [0.25, 0.3) is 0 Å². The van der Waals surface area contributed by atoms with Crippen LogP contribution in [-0.2, 0) is 0 Å². The van der Waals surface area contributed by atoms with Crippen molar-refractivity contribution in [2.24, 2.45) is 0 Å². The van der Waals surface area contributed by atoms with Gasteiger partial charge in [-0.25, -0.2) is 0 Å². The molecule has 0 amide bonds. The number of fused-ring (bicyclic) bond motifs is 1. The highest BCUT2D eigenvalue weighted by Crippen LogP contribution is 2.31. The summed E-state index contributed by atoms with van der Waals surface area (Å²) in [6, 6.07) is 4.27. The van der Waals surface area contributed by atoms with E-state index in [9.17, 15) is 0 Å². The molecule has 1 aromatic rings. The van der Waals surface area contributed by atoms with E-state index in [0.29, 0.717) is 0 Å². The third-order valence-corrected chi connectivity index (χ3v) is 2.08. The minimum Gasteiger partial charge on any atom is -0.489 e. The molecule has 0 aliphatic carbocycles. The summed E-state index contributed by atoms with van der Waals surface area (Å²) in [6.45, 7) is 5.87. The number of aryl methyl sites for hydroxylation is 2. The molecule has 1 aliphatic rings.